The molecule has 0 aromatic heterocycles. The molecule has 0 bridgehead atoms. The summed E-state index contributed by atoms with van der Waals surface area (Å²) in [5, 5.41) is 0. The highest BCUT2D eigenvalue weighted by atomic mass is 19.2. The minimum Gasteiger partial charge on any atom is -0.323 e. The van der Waals surface area contributed by atoms with Gasteiger partial charge in [-0.3, -0.25) is 0 Å². The molecule has 0 radical (unpaired) electrons. The maximum Gasteiger partial charge on any atom is 0.163 e. The second-order valence-electron chi connectivity index (χ2n) is 5.85. The lowest BCUT2D eigenvalue weighted by atomic mass is 9.70. The summed E-state index contributed by atoms with van der Waals surface area (Å²) in [5.74, 6) is -1.64. The molecule has 0 saturated heterocycles. The topological polar surface area (TPSA) is 26.0 Å². The summed E-state index contributed by atoms with van der Waals surface area (Å²) in [6.07, 6.45) is 3.96. The summed E-state index contributed by atoms with van der Waals surface area (Å²) in [7, 11) is 0. The van der Waals surface area contributed by atoms with Crippen molar-refractivity contribution in [2.24, 2.45) is 5.73 Å². The molecular weight excluding hydrogens is 268 g/mol. The SMILES string of the molecule is NC(c1cccc(F)c1F)C1(c2ccccc2)CCCC1. The molecule has 3 heteroatoms. The Morgan fingerprint density at radius 2 is 1.57 bits per heavy atom. The van der Waals surface area contributed by atoms with Crippen LogP contribution in [0.1, 0.15) is 42.9 Å². The zero-order chi connectivity index (χ0) is 14.9. The fourth-order valence-electron chi connectivity index (χ4n) is 3.61. The van der Waals surface area contributed by atoms with Gasteiger partial charge in [-0.2, -0.15) is 0 Å². The quantitative estimate of drug-likeness (QED) is 0.885. The van der Waals surface area contributed by atoms with Crippen molar-refractivity contribution in [2.75, 3.05) is 0 Å². The number of halogens is 2. The van der Waals surface area contributed by atoms with Crippen LogP contribution in [0, 0.1) is 11.6 Å². The van der Waals surface area contributed by atoms with Gasteiger partial charge in [-0.25, -0.2) is 8.78 Å². The summed E-state index contributed by atoms with van der Waals surface area (Å²) < 4.78 is 27.7. The van der Waals surface area contributed by atoms with Crippen LogP contribution in [0.4, 0.5) is 8.78 Å². The van der Waals surface area contributed by atoms with Crippen molar-refractivity contribution in [3.63, 3.8) is 0 Å². The van der Waals surface area contributed by atoms with Crippen LogP contribution in [-0.4, -0.2) is 0 Å². The van der Waals surface area contributed by atoms with Gasteiger partial charge in [0, 0.05) is 17.0 Å². The third kappa shape index (κ3) is 2.36. The Balaban J connectivity index is 2.08. The van der Waals surface area contributed by atoms with Gasteiger partial charge >= 0.3 is 0 Å². The molecule has 1 nitrogen and oxygen atoms in total. The van der Waals surface area contributed by atoms with Crippen LogP contribution in [0.25, 0.3) is 0 Å². The third-order valence-electron chi connectivity index (χ3n) is 4.76. The van der Waals surface area contributed by atoms with Crippen LogP contribution in [0.3, 0.4) is 0 Å². The maximum absolute atomic E-state index is 14.1. The summed E-state index contributed by atoms with van der Waals surface area (Å²) in [4.78, 5) is 0. The van der Waals surface area contributed by atoms with Gasteiger partial charge in [0.25, 0.3) is 0 Å². The molecule has 1 aliphatic carbocycles. The van der Waals surface area contributed by atoms with Crippen molar-refractivity contribution in [1.82, 2.24) is 0 Å². The molecule has 1 atom stereocenters. The lowest BCUT2D eigenvalue weighted by Crippen LogP contribution is -2.37. The summed E-state index contributed by atoms with van der Waals surface area (Å²) in [6.45, 7) is 0. The van der Waals surface area contributed by atoms with Crippen LogP contribution in [0.15, 0.2) is 48.5 Å². The van der Waals surface area contributed by atoms with Crippen molar-refractivity contribution in [3.8, 4) is 0 Å². The fourth-order valence-corrected chi connectivity index (χ4v) is 3.61. The summed E-state index contributed by atoms with van der Waals surface area (Å²) in [5.41, 5.74) is 7.54. The van der Waals surface area contributed by atoms with Gasteiger partial charge < -0.3 is 5.73 Å². The van der Waals surface area contributed by atoms with E-state index in [0.717, 1.165) is 37.3 Å². The van der Waals surface area contributed by atoms with E-state index >= 15 is 0 Å². The van der Waals surface area contributed by atoms with Gasteiger partial charge in [-0.05, 0) is 24.5 Å². The smallest absolute Gasteiger partial charge is 0.163 e. The second-order valence-corrected chi connectivity index (χ2v) is 5.85. The Morgan fingerprint density at radius 1 is 0.905 bits per heavy atom. The first-order valence-corrected chi connectivity index (χ1v) is 7.40. The number of benzene rings is 2. The van der Waals surface area contributed by atoms with E-state index < -0.39 is 17.7 Å². The lowest BCUT2D eigenvalue weighted by molar-refractivity contribution is 0.343. The molecule has 2 aromatic carbocycles. The maximum atomic E-state index is 14.1. The molecule has 1 fully saturated rings. The van der Waals surface area contributed by atoms with Crippen LogP contribution >= 0.6 is 0 Å². The Bertz CT molecular complexity index is 618. The van der Waals surface area contributed by atoms with E-state index in [2.05, 4.69) is 0 Å². The van der Waals surface area contributed by atoms with Crippen LogP contribution in [0.2, 0.25) is 0 Å². The zero-order valence-corrected chi connectivity index (χ0v) is 11.9. The second kappa shape index (κ2) is 5.57. The molecule has 1 saturated carbocycles. The highest BCUT2D eigenvalue weighted by Gasteiger charge is 2.42. The molecule has 3 rings (SSSR count). The summed E-state index contributed by atoms with van der Waals surface area (Å²) in [6, 6.07) is 13.7. The normalized spacial score (nSPS) is 18.6. The first-order valence-electron chi connectivity index (χ1n) is 7.40. The molecule has 0 aliphatic heterocycles. The van der Waals surface area contributed by atoms with Gasteiger partial charge in [0.2, 0.25) is 0 Å². The average molecular weight is 287 g/mol. The fraction of sp³-hybridized carbons (Fsp3) is 0.333. The van der Waals surface area contributed by atoms with Crippen molar-refractivity contribution in [3.05, 3.63) is 71.3 Å². The number of hydrogen-bond donors (Lipinski definition) is 1. The predicted octanol–water partition coefficient (Wildman–Crippen LogP) is 4.48. The van der Waals surface area contributed by atoms with E-state index in [-0.39, 0.29) is 11.0 Å². The monoisotopic (exact) mass is 287 g/mol. The van der Waals surface area contributed by atoms with Crippen molar-refractivity contribution in [1.29, 1.82) is 0 Å². The highest BCUT2D eigenvalue weighted by molar-refractivity contribution is 5.35. The van der Waals surface area contributed by atoms with Crippen LogP contribution < -0.4 is 5.73 Å². The molecule has 0 spiro atoms. The molecule has 0 heterocycles. The van der Waals surface area contributed by atoms with E-state index in [1.54, 1.807) is 6.07 Å². The Labute approximate surface area is 123 Å². The Hall–Kier alpha value is -1.74. The van der Waals surface area contributed by atoms with E-state index in [1.807, 2.05) is 30.3 Å². The molecule has 1 aliphatic rings. The van der Waals surface area contributed by atoms with Crippen molar-refractivity contribution < 1.29 is 8.78 Å². The first kappa shape index (κ1) is 14.2. The predicted molar refractivity (Wildman–Crippen MR) is 79.9 cm³/mol. The highest BCUT2D eigenvalue weighted by Crippen LogP contribution is 2.49. The minimum atomic E-state index is -0.829. The first-order chi connectivity index (χ1) is 10.1. The largest absolute Gasteiger partial charge is 0.323 e. The van der Waals surface area contributed by atoms with Gasteiger partial charge in [-0.15, -0.1) is 0 Å². The third-order valence-corrected chi connectivity index (χ3v) is 4.76. The van der Waals surface area contributed by atoms with E-state index in [9.17, 15) is 8.78 Å². The van der Waals surface area contributed by atoms with Crippen molar-refractivity contribution >= 4 is 0 Å². The van der Waals surface area contributed by atoms with E-state index in [1.165, 1.54) is 6.07 Å². The number of hydrogen-bond acceptors (Lipinski definition) is 1. The van der Waals surface area contributed by atoms with Gasteiger partial charge in [0.05, 0.1) is 0 Å². The Kier molecular flexibility index (Phi) is 3.77. The van der Waals surface area contributed by atoms with Crippen LogP contribution in [0.5, 0.6) is 0 Å². The Morgan fingerprint density at radius 3 is 2.24 bits per heavy atom. The van der Waals surface area contributed by atoms with Gasteiger partial charge in [0.1, 0.15) is 0 Å². The molecule has 1 unspecified atom stereocenters. The molecule has 110 valence electrons. The van der Waals surface area contributed by atoms with Crippen molar-refractivity contribution in [2.45, 2.75) is 37.1 Å². The molecule has 2 aromatic rings. The van der Waals surface area contributed by atoms with Gasteiger partial charge in [-0.1, -0.05) is 55.3 Å². The molecule has 2 N–H and O–H groups in total. The zero-order valence-electron chi connectivity index (χ0n) is 11.9. The number of nitrogens with two attached hydrogens (primary N) is 1. The number of rotatable bonds is 3. The molecule has 21 heavy (non-hydrogen) atoms. The van der Waals surface area contributed by atoms with Crippen LogP contribution in [-0.2, 0) is 5.41 Å². The molecule has 0 amide bonds. The molecular formula is C18H19F2N. The van der Waals surface area contributed by atoms with E-state index in [4.69, 9.17) is 5.73 Å². The minimum absolute atomic E-state index is 0.278. The average Bonchev–Trinajstić information content (AvgIpc) is 3.01. The summed E-state index contributed by atoms with van der Waals surface area (Å²) >= 11 is 0. The van der Waals surface area contributed by atoms with E-state index in [0.29, 0.717) is 0 Å². The van der Waals surface area contributed by atoms with Gasteiger partial charge in [0.15, 0.2) is 11.6 Å². The lowest BCUT2D eigenvalue weighted by Gasteiger charge is -2.36. The standard InChI is InChI=1S/C18H19F2N/c19-15-10-6-9-14(16(15)20)17(21)18(11-4-5-12-18)13-7-2-1-3-8-13/h1-3,6-10,17H,4-5,11-12,21H2.